The maximum atomic E-state index is 12.1. The molecule has 6 heteroatoms. The Labute approximate surface area is 103 Å². The van der Waals surface area contributed by atoms with E-state index in [1.54, 1.807) is 12.1 Å². The molecule has 0 unspecified atom stereocenters. The van der Waals surface area contributed by atoms with Gasteiger partial charge in [0, 0.05) is 0 Å². The van der Waals surface area contributed by atoms with Gasteiger partial charge in [0.25, 0.3) is 0 Å². The van der Waals surface area contributed by atoms with E-state index < -0.39 is 6.36 Å². The minimum Gasteiger partial charge on any atom is -0.404 e. The van der Waals surface area contributed by atoms with Crippen molar-refractivity contribution in [2.45, 2.75) is 12.8 Å². The van der Waals surface area contributed by atoms with Gasteiger partial charge in [0.15, 0.2) is 5.75 Å². The van der Waals surface area contributed by atoms with Crippen LogP contribution >= 0.6 is 0 Å². The highest BCUT2D eigenvalue weighted by Gasteiger charge is 2.31. The molecule has 100 valence electrons. The third-order valence-corrected chi connectivity index (χ3v) is 2.13. The Bertz CT molecular complexity index is 416. The molecule has 0 heterocycles. The van der Waals surface area contributed by atoms with Crippen molar-refractivity contribution < 1.29 is 17.9 Å². The first-order valence-corrected chi connectivity index (χ1v) is 5.39. The number of benzene rings is 1. The van der Waals surface area contributed by atoms with Crippen LogP contribution in [0.3, 0.4) is 0 Å². The number of halogens is 3. The molecule has 18 heavy (non-hydrogen) atoms. The molecule has 0 aromatic heterocycles. The van der Waals surface area contributed by atoms with Crippen LogP contribution in [-0.2, 0) is 0 Å². The third-order valence-electron chi connectivity index (χ3n) is 2.13. The summed E-state index contributed by atoms with van der Waals surface area (Å²) in [5, 5.41) is 2.96. The van der Waals surface area contributed by atoms with Crippen LogP contribution in [0.1, 0.15) is 12.0 Å². The molecule has 0 saturated carbocycles. The van der Waals surface area contributed by atoms with E-state index in [0.29, 0.717) is 5.56 Å². The Kier molecular flexibility index (Phi) is 5.03. The second-order valence-corrected chi connectivity index (χ2v) is 3.64. The van der Waals surface area contributed by atoms with Crippen LogP contribution < -0.4 is 15.8 Å². The summed E-state index contributed by atoms with van der Waals surface area (Å²) in [6, 6.07) is 4.28. The monoisotopic (exact) mass is 260 g/mol. The van der Waals surface area contributed by atoms with Crippen LogP contribution in [0.5, 0.6) is 5.75 Å². The smallest absolute Gasteiger partial charge is 0.404 e. The lowest BCUT2D eigenvalue weighted by Crippen LogP contribution is -2.18. The van der Waals surface area contributed by atoms with Gasteiger partial charge in [-0.3, -0.25) is 0 Å². The fourth-order valence-electron chi connectivity index (χ4n) is 1.31. The van der Waals surface area contributed by atoms with Crippen molar-refractivity contribution in [3.05, 3.63) is 29.8 Å². The van der Waals surface area contributed by atoms with Crippen LogP contribution in [0, 0.1) is 0 Å². The van der Waals surface area contributed by atoms with Crippen LogP contribution in [0.25, 0.3) is 6.08 Å². The highest BCUT2D eigenvalue weighted by atomic mass is 19.4. The lowest BCUT2D eigenvalue weighted by atomic mass is 10.1. The van der Waals surface area contributed by atoms with Crippen molar-refractivity contribution in [3.8, 4) is 5.75 Å². The van der Waals surface area contributed by atoms with Gasteiger partial charge in [-0.25, -0.2) is 0 Å². The molecule has 0 saturated heterocycles. The average Bonchev–Trinajstić information content (AvgIpc) is 2.27. The maximum Gasteiger partial charge on any atom is 0.573 e. The van der Waals surface area contributed by atoms with E-state index in [-0.39, 0.29) is 11.4 Å². The zero-order chi connectivity index (χ0) is 13.6. The number of alkyl halides is 3. The van der Waals surface area contributed by atoms with E-state index in [2.05, 4.69) is 10.1 Å². The first kappa shape index (κ1) is 14.4. The first-order valence-electron chi connectivity index (χ1n) is 5.39. The molecule has 0 aliphatic rings. The second kappa shape index (κ2) is 6.30. The van der Waals surface area contributed by atoms with Crippen LogP contribution in [0.15, 0.2) is 24.3 Å². The number of rotatable bonds is 5. The van der Waals surface area contributed by atoms with Gasteiger partial charge in [-0.1, -0.05) is 18.2 Å². The molecule has 3 nitrogen and oxygen atoms in total. The molecule has 0 atom stereocenters. The van der Waals surface area contributed by atoms with Gasteiger partial charge in [-0.15, -0.1) is 13.2 Å². The number of anilines is 1. The molecule has 0 radical (unpaired) electrons. The van der Waals surface area contributed by atoms with E-state index in [1.165, 1.54) is 12.1 Å². The largest absolute Gasteiger partial charge is 0.573 e. The van der Waals surface area contributed by atoms with Crippen LogP contribution in [-0.4, -0.2) is 20.0 Å². The summed E-state index contributed by atoms with van der Waals surface area (Å²) < 4.78 is 40.1. The molecule has 0 amide bonds. The number of nitrogens with two attached hydrogens (primary N) is 1. The zero-order valence-corrected chi connectivity index (χ0v) is 9.92. The van der Waals surface area contributed by atoms with Gasteiger partial charge < -0.3 is 15.8 Å². The third kappa shape index (κ3) is 5.09. The normalized spacial score (nSPS) is 12.0. The summed E-state index contributed by atoms with van der Waals surface area (Å²) in [7, 11) is 1.83. The predicted octanol–water partition coefficient (Wildman–Crippen LogP) is 2.79. The van der Waals surface area contributed by atoms with Crippen molar-refractivity contribution >= 4 is 11.8 Å². The van der Waals surface area contributed by atoms with Crippen molar-refractivity contribution in [1.82, 2.24) is 5.32 Å². The fraction of sp³-hybridized carbons (Fsp3) is 0.333. The summed E-state index contributed by atoms with van der Waals surface area (Å²) in [5.41, 5.74) is 5.98. The standard InChI is InChI=1S/C12H15F3N2O/c1-17-7-3-2-4-9-5-6-10(16)11(8-9)18-12(13,14)15/h2,4-6,8,17H,3,7,16H2,1H3. The number of nitrogens with one attached hydrogen (secondary N) is 1. The molecule has 0 spiro atoms. The molecule has 1 aromatic carbocycles. The van der Waals surface area contributed by atoms with E-state index in [1.807, 2.05) is 13.1 Å². The quantitative estimate of drug-likeness (QED) is 0.632. The van der Waals surface area contributed by atoms with Crippen molar-refractivity contribution in [3.63, 3.8) is 0 Å². The van der Waals surface area contributed by atoms with Crippen LogP contribution in [0.2, 0.25) is 0 Å². The van der Waals surface area contributed by atoms with Gasteiger partial charge in [0.1, 0.15) is 0 Å². The summed E-state index contributed by atoms with van der Waals surface area (Å²) in [4.78, 5) is 0. The second-order valence-electron chi connectivity index (χ2n) is 3.64. The van der Waals surface area contributed by atoms with Gasteiger partial charge in [-0.05, 0) is 37.7 Å². The molecule has 0 fully saturated rings. The predicted molar refractivity (Wildman–Crippen MR) is 65.1 cm³/mol. The zero-order valence-electron chi connectivity index (χ0n) is 9.92. The van der Waals surface area contributed by atoms with E-state index in [0.717, 1.165) is 13.0 Å². The first-order chi connectivity index (χ1) is 8.42. The van der Waals surface area contributed by atoms with Gasteiger partial charge in [0.2, 0.25) is 0 Å². The van der Waals surface area contributed by atoms with Crippen molar-refractivity contribution in [2.24, 2.45) is 0 Å². The Morgan fingerprint density at radius 3 is 2.72 bits per heavy atom. The Morgan fingerprint density at radius 2 is 2.11 bits per heavy atom. The van der Waals surface area contributed by atoms with Gasteiger partial charge >= 0.3 is 6.36 Å². The van der Waals surface area contributed by atoms with E-state index >= 15 is 0 Å². The maximum absolute atomic E-state index is 12.1. The lowest BCUT2D eigenvalue weighted by molar-refractivity contribution is -0.274. The molecule has 0 aliphatic heterocycles. The molecule has 0 bridgehead atoms. The summed E-state index contributed by atoms with van der Waals surface area (Å²) in [6.45, 7) is 0.803. The molecule has 3 N–H and O–H groups in total. The minimum absolute atomic E-state index is 0.0419. The Morgan fingerprint density at radius 1 is 1.39 bits per heavy atom. The highest BCUT2D eigenvalue weighted by Crippen LogP contribution is 2.29. The molecule has 1 aromatic rings. The van der Waals surface area contributed by atoms with Crippen molar-refractivity contribution in [1.29, 1.82) is 0 Å². The average molecular weight is 260 g/mol. The number of nitrogen functional groups attached to an aromatic ring is 1. The fourth-order valence-corrected chi connectivity index (χ4v) is 1.31. The van der Waals surface area contributed by atoms with Gasteiger partial charge in [-0.2, -0.15) is 0 Å². The summed E-state index contributed by atoms with van der Waals surface area (Å²) in [6.07, 6.45) is -0.363. The van der Waals surface area contributed by atoms with E-state index in [4.69, 9.17) is 5.73 Å². The Hall–Kier alpha value is -1.69. The number of ether oxygens (including phenoxy) is 1. The SMILES string of the molecule is CNCCC=Cc1ccc(N)c(OC(F)(F)F)c1. The topological polar surface area (TPSA) is 47.3 Å². The highest BCUT2D eigenvalue weighted by molar-refractivity contribution is 5.61. The molecular formula is C12H15F3N2O. The number of hydrogen-bond acceptors (Lipinski definition) is 3. The molecule has 0 aliphatic carbocycles. The van der Waals surface area contributed by atoms with Gasteiger partial charge in [0.05, 0.1) is 5.69 Å². The lowest BCUT2D eigenvalue weighted by Gasteiger charge is -2.11. The number of hydrogen-bond donors (Lipinski definition) is 2. The van der Waals surface area contributed by atoms with Crippen LogP contribution in [0.4, 0.5) is 18.9 Å². The molecular weight excluding hydrogens is 245 g/mol. The summed E-state index contributed by atoms with van der Waals surface area (Å²) >= 11 is 0. The van der Waals surface area contributed by atoms with Crippen molar-refractivity contribution in [2.75, 3.05) is 19.3 Å². The Balaban J connectivity index is 2.77. The summed E-state index contributed by atoms with van der Waals surface area (Å²) in [5.74, 6) is -0.377. The molecule has 1 rings (SSSR count). The van der Waals surface area contributed by atoms with E-state index in [9.17, 15) is 13.2 Å². The minimum atomic E-state index is -4.73.